The van der Waals surface area contributed by atoms with Crippen LogP contribution in [0.3, 0.4) is 0 Å². The van der Waals surface area contributed by atoms with Gasteiger partial charge in [0.15, 0.2) is 11.5 Å². The Kier molecular flexibility index (Phi) is 6.42. The lowest BCUT2D eigenvalue weighted by molar-refractivity contribution is -0.384. The summed E-state index contributed by atoms with van der Waals surface area (Å²) in [6.45, 7) is 0.829. The van der Waals surface area contributed by atoms with Crippen molar-refractivity contribution in [2.24, 2.45) is 0 Å². The number of rotatable bonds is 8. The Bertz CT molecular complexity index is 1250. The van der Waals surface area contributed by atoms with Crippen LogP contribution in [0, 0.1) is 10.1 Å². The van der Waals surface area contributed by atoms with Crippen molar-refractivity contribution < 1.29 is 14.4 Å². The van der Waals surface area contributed by atoms with Crippen molar-refractivity contribution in [1.82, 2.24) is 0 Å². The Hall–Kier alpha value is -3.77. The molecular weight excluding hydrogens is 428 g/mol. The molecule has 0 aliphatic rings. The molecule has 0 bridgehead atoms. The number of benzene rings is 4. The number of fused-ring (bicyclic) bond motifs is 1. The van der Waals surface area contributed by atoms with Crippen molar-refractivity contribution in [3.8, 4) is 11.5 Å². The number of nitrogens with zero attached hydrogens (tertiary/aromatic N) is 1. The van der Waals surface area contributed by atoms with Gasteiger partial charge < -0.3 is 14.8 Å². The summed E-state index contributed by atoms with van der Waals surface area (Å²) in [7, 11) is 1.57. The molecule has 162 valence electrons. The topological polar surface area (TPSA) is 73.6 Å². The smallest absolute Gasteiger partial charge is 0.269 e. The first-order valence-electron chi connectivity index (χ1n) is 9.99. The lowest BCUT2D eigenvalue weighted by atomic mass is 10.1. The van der Waals surface area contributed by atoms with E-state index in [1.807, 2.05) is 36.4 Å². The van der Waals surface area contributed by atoms with Crippen LogP contribution in [-0.2, 0) is 13.2 Å². The number of hydrogen-bond acceptors (Lipinski definition) is 5. The highest BCUT2D eigenvalue weighted by molar-refractivity contribution is 6.32. The number of nitro benzene ring substituents is 1. The van der Waals surface area contributed by atoms with Gasteiger partial charge in [0.2, 0.25) is 0 Å². The minimum atomic E-state index is -0.425. The number of halogens is 1. The molecule has 7 heteroatoms. The summed E-state index contributed by atoms with van der Waals surface area (Å²) >= 11 is 6.53. The van der Waals surface area contributed by atoms with Gasteiger partial charge in [-0.25, -0.2) is 0 Å². The quantitative estimate of drug-likeness (QED) is 0.243. The molecule has 0 aromatic heterocycles. The minimum Gasteiger partial charge on any atom is -0.493 e. The third-order valence-electron chi connectivity index (χ3n) is 5.12. The van der Waals surface area contributed by atoms with Crippen molar-refractivity contribution in [3.05, 3.63) is 105 Å². The fraction of sp³-hybridized carbons (Fsp3) is 0.120. The molecule has 0 unspecified atom stereocenters. The number of ether oxygens (including phenoxy) is 2. The molecule has 0 spiro atoms. The lowest BCUT2D eigenvalue weighted by Crippen LogP contribution is -2.03. The molecule has 32 heavy (non-hydrogen) atoms. The maximum absolute atomic E-state index is 10.8. The first-order chi connectivity index (χ1) is 15.5. The molecule has 0 fully saturated rings. The highest BCUT2D eigenvalue weighted by Crippen LogP contribution is 2.37. The first kappa shape index (κ1) is 21.5. The van der Waals surface area contributed by atoms with Crippen molar-refractivity contribution >= 4 is 33.7 Å². The zero-order chi connectivity index (χ0) is 22.5. The van der Waals surface area contributed by atoms with Crippen LogP contribution in [-0.4, -0.2) is 12.0 Å². The second-order valence-corrected chi connectivity index (χ2v) is 7.60. The van der Waals surface area contributed by atoms with E-state index in [1.54, 1.807) is 19.2 Å². The summed E-state index contributed by atoms with van der Waals surface area (Å²) in [5, 5.41) is 16.7. The summed E-state index contributed by atoms with van der Waals surface area (Å²) in [4.78, 5) is 10.4. The highest BCUT2D eigenvalue weighted by atomic mass is 35.5. The standard InChI is InChI=1S/C25H21ClN2O4/c1-31-24-14-17(15-27-20-9-11-21(12-10-20)28(29)30)13-23(26)25(24)32-16-19-7-4-6-18-5-2-3-8-22(18)19/h2-14,27H,15-16H2,1H3. The average molecular weight is 449 g/mol. The van der Waals surface area contributed by atoms with E-state index < -0.39 is 4.92 Å². The molecule has 0 amide bonds. The number of nitrogens with one attached hydrogen (secondary N) is 1. The SMILES string of the molecule is COc1cc(CNc2ccc([N+](=O)[O-])cc2)cc(Cl)c1OCc1cccc2ccccc12. The van der Waals surface area contributed by atoms with E-state index in [0.29, 0.717) is 29.7 Å². The van der Waals surface area contributed by atoms with E-state index in [4.69, 9.17) is 21.1 Å². The summed E-state index contributed by atoms with van der Waals surface area (Å²) in [6.07, 6.45) is 0. The average Bonchev–Trinajstić information content (AvgIpc) is 2.82. The molecule has 1 N–H and O–H groups in total. The Labute approximate surface area is 190 Å². The minimum absolute atomic E-state index is 0.0490. The van der Waals surface area contributed by atoms with Crippen molar-refractivity contribution in [2.45, 2.75) is 13.2 Å². The zero-order valence-corrected chi connectivity index (χ0v) is 18.1. The van der Waals surface area contributed by atoms with Gasteiger partial charge in [-0.3, -0.25) is 10.1 Å². The highest BCUT2D eigenvalue weighted by Gasteiger charge is 2.13. The summed E-state index contributed by atoms with van der Waals surface area (Å²) < 4.78 is 11.6. The molecule has 0 aliphatic heterocycles. The number of non-ortho nitro benzene ring substituents is 1. The summed E-state index contributed by atoms with van der Waals surface area (Å²) in [5.41, 5.74) is 2.77. The van der Waals surface area contributed by atoms with Crippen LogP contribution in [0.5, 0.6) is 11.5 Å². The normalized spacial score (nSPS) is 10.7. The summed E-state index contributed by atoms with van der Waals surface area (Å²) in [6, 6.07) is 24.2. The second kappa shape index (κ2) is 9.58. The van der Waals surface area contributed by atoms with E-state index in [0.717, 1.165) is 27.6 Å². The van der Waals surface area contributed by atoms with E-state index in [-0.39, 0.29) is 5.69 Å². The van der Waals surface area contributed by atoms with Gasteiger partial charge in [0.25, 0.3) is 5.69 Å². The van der Waals surface area contributed by atoms with E-state index in [2.05, 4.69) is 23.5 Å². The van der Waals surface area contributed by atoms with E-state index in [1.165, 1.54) is 12.1 Å². The largest absolute Gasteiger partial charge is 0.493 e. The molecule has 4 rings (SSSR count). The third-order valence-corrected chi connectivity index (χ3v) is 5.40. The maximum atomic E-state index is 10.8. The molecule has 0 saturated carbocycles. The van der Waals surface area contributed by atoms with Crippen molar-refractivity contribution in [2.75, 3.05) is 12.4 Å². The number of nitro groups is 1. The molecule has 0 saturated heterocycles. The third kappa shape index (κ3) is 4.76. The van der Waals surface area contributed by atoms with Crippen molar-refractivity contribution in [3.63, 3.8) is 0 Å². The molecule has 0 aliphatic carbocycles. The Morgan fingerprint density at radius 2 is 1.75 bits per heavy atom. The molecular formula is C25H21ClN2O4. The predicted octanol–water partition coefficient (Wildman–Crippen LogP) is 6.60. The van der Waals surface area contributed by atoms with E-state index >= 15 is 0 Å². The Morgan fingerprint density at radius 3 is 2.50 bits per heavy atom. The van der Waals surface area contributed by atoms with Crippen LogP contribution in [0.25, 0.3) is 10.8 Å². The Morgan fingerprint density at radius 1 is 1.00 bits per heavy atom. The van der Waals surface area contributed by atoms with Crippen LogP contribution in [0.4, 0.5) is 11.4 Å². The van der Waals surface area contributed by atoms with Gasteiger partial charge in [0.05, 0.1) is 17.1 Å². The van der Waals surface area contributed by atoms with Crippen LogP contribution < -0.4 is 14.8 Å². The molecule has 0 radical (unpaired) electrons. The molecule has 4 aromatic rings. The van der Waals surface area contributed by atoms with Crippen LogP contribution in [0.2, 0.25) is 5.02 Å². The molecule has 4 aromatic carbocycles. The second-order valence-electron chi connectivity index (χ2n) is 7.19. The van der Waals surface area contributed by atoms with Gasteiger partial charge in [-0.05, 0) is 46.2 Å². The van der Waals surface area contributed by atoms with Crippen LogP contribution in [0.15, 0.2) is 78.9 Å². The van der Waals surface area contributed by atoms with Gasteiger partial charge in [0, 0.05) is 24.4 Å². The lowest BCUT2D eigenvalue weighted by Gasteiger charge is -2.16. The van der Waals surface area contributed by atoms with Gasteiger partial charge in [-0.2, -0.15) is 0 Å². The monoisotopic (exact) mass is 448 g/mol. The van der Waals surface area contributed by atoms with Crippen molar-refractivity contribution in [1.29, 1.82) is 0 Å². The number of anilines is 1. The van der Waals surface area contributed by atoms with Gasteiger partial charge in [0.1, 0.15) is 6.61 Å². The predicted molar refractivity (Wildman–Crippen MR) is 127 cm³/mol. The van der Waals surface area contributed by atoms with E-state index in [9.17, 15) is 10.1 Å². The number of hydrogen-bond donors (Lipinski definition) is 1. The van der Waals surface area contributed by atoms with Crippen LogP contribution in [0.1, 0.15) is 11.1 Å². The fourth-order valence-corrected chi connectivity index (χ4v) is 3.78. The Balaban J connectivity index is 1.48. The zero-order valence-electron chi connectivity index (χ0n) is 17.4. The fourth-order valence-electron chi connectivity index (χ4n) is 3.49. The molecule has 0 atom stereocenters. The molecule has 6 nitrogen and oxygen atoms in total. The first-order valence-corrected chi connectivity index (χ1v) is 10.4. The van der Waals surface area contributed by atoms with Gasteiger partial charge >= 0.3 is 0 Å². The molecule has 0 heterocycles. The summed E-state index contributed by atoms with van der Waals surface area (Å²) in [5.74, 6) is 1.03. The van der Waals surface area contributed by atoms with Gasteiger partial charge in [-0.15, -0.1) is 0 Å². The number of methoxy groups -OCH3 is 1. The van der Waals surface area contributed by atoms with Crippen LogP contribution >= 0.6 is 11.6 Å². The van der Waals surface area contributed by atoms with Gasteiger partial charge in [-0.1, -0.05) is 54.1 Å². The maximum Gasteiger partial charge on any atom is 0.269 e.